The maximum absolute atomic E-state index is 12.4. The van der Waals surface area contributed by atoms with E-state index < -0.39 is 22.5 Å². The number of hydrogen-bond donors (Lipinski definition) is 1. The van der Waals surface area contributed by atoms with Crippen LogP contribution in [-0.2, 0) is 14.8 Å². The lowest BCUT2D eigenvalue weighted by atomic mass is 10.2. The summed E-state index contributed by atoms with van der Waals surface area (Å²) in [6.07, 6.45) is 1.37. The fourth-order valence-electron chi connectivity index (χ4n) is 1.51. The molecule has 0 aliphatic carbocycles. The second-order valence-corrected chi connectivity index (χ2v) is 6.64. The van der Waals surface area contributed by atoms with Crippen molar-refractivity contribution in [3.8, 4) is 0 Å². The summed E-state index contributed by atoms with van der Waals surface area (Å²) < 4.78 is 25.6. The van der Waals surface area contributed by atoms with Gasteiger partial charge in [-0.15, -0.1) is 0 Å². The third-order valence-electron chi connectivity index (χ3n) is 2.22. The summed E-state index contributed by atoms with van der Waals surface area (Å²) in [7, 11) is -3.96. The Morgan fingerprint density at radius 1 is 1.53 bits per heavy atom. The molecule has 0 atom stereocenters. The first-order valence-electron chi connectivity index (χ1n) is 5.57. The number of carboxylic acid groups (broad SMARTS) is 1. The quantitative estimate of drug-likeness (QED) is 0.804. The van der Waals surface area contributed by atoms with E-state index in [1.807, 2.05) is 0 Å². The van der Waals surface area contributed by atoms with E-state index in [0.29, 0.717) is 0 Å². The molecule has 0 aromatic carbocycles. The topological polar surface area (TPSA) is 87.6 Å². The number of aromatic nitrogens is 1. The van der Waals surface area contributed by atoms with Gasteiger partial charge in [-0.05, 0) is 18.1 Å². The Balaban J connectivity index is 3.19. The van der Waals surface area contributed by atoms with Crippen LogP contribution in [0.1, 0.15) is 13.8 Å². The minimum Gasteiger partial charge on any atom is -0.480 e. The van der Waals surface area contributed by atoms with Gasteiger partial charge in [0.15, 0.2) is 0 Å². The van der Waals surface area contributed by atoms with Gasteiger partial charge in [0.25, 0.3) is 0 Å². The van der Waals surface area contributed by atoms with Crippen LogP contribution >= 0.6 is 11.6 Å². The molecule has 0 aliphatic rings. The molecule has 0 spiro atoms. The number of halogens is 1. The SMILES string of the molecule is CC(C)CN(CC(=O)O)S(=O)(=O)c1cccnc1Cl. The highest BCUT2D eigenvalue weighted by molar-refractivity contribution is 7.89. The fourth-order valence-corrected chi connectivity index (χ4v) is 3.49. The Bertz CT molecular complexity index is 560. The summed E-state index contributed by atoms with van der Waals surface area (Å²) in [5.41, 5.74) is 0. The summed E-state index contributed by atoms with van der Waals surface area (Å²) in [5.74, 6) is -1.23. The van der Waals surface area contributed by atoms with Gasteiger partial charge >= 0.3 is 5.97 Å². The molecule has 8 heteroatoms. The van der Waals surface area contributed by atoms with Gasteiger partial charge in [0.2, 0.25) is 10.0 Å². The van der Waals surface area contributed by atoms with E-state index in [1.165, 1.54) is 18.3 Å². The molecule has 0 amide bonds. The lowest BCUT2D eigenvalue weighted by molar-refractivity contribution is -0.137. The van der Waals surface area contributed by atoms with E-state index in [2.05, 4.69) is 4.98 Å². The number of carboxylic acids is 1. The van der Waals surface area contributed by atoms with Crippen molar-refractivity contribution < 1.29 is 18.3 Å². The van der Waals surface area contributed by atoms with Gasteiger partial charge < -0.3 is 5.11 Å². The summed E-state index contributed by atoms with van der Waals surface area (Å²) in [6.45, 7) is 3.09. The Morgan fingerprint density at radius 2 is 2.16 bits per heavy atom. The smallest absolute Gasteiger partial charge is 0.318 e. The average molecular weight is 307 g/mol. The number of pyridine rings is 1. The minimum atomic E-state index is -3.96. The highest BCUT2D eigenvalue weighted by Crippen LogP contribution is 2.22. The van der Waals surface area contributed by atoms with Crippen molar-refractivity contribution in [3.63, 3.8) is 0 Å². The third kappa shape index (κ3) is 4.15. The first-order valence-corrected chi connectivity index (χ1v) is 7.39. The molecule has 6 nitrogen and oxygen atoms in total. The van der Waals surface area contributed by atoms with Crippen molar-refractivity contribution in [1.29, 1.82) is 0 Å². The molecule has 1 aromatic rings. The van der Waals surface area contributed by atoms with Gasteiger partial charge in [-0.25, -0.2) is 13.4 Å². The van der Waals surface area contributed by atoms with Crippen LogP contribution < -0.4 is 0 Å². The molecule has 0 radical (unpaired) electrons. The maximum atomic E-state index is 12.4. The number of sulfonamides is 1. The van der Waals surface area contributed by atoms with E-state index in [4.69, 9.17) is 16.7 Å². The van der Waals surface area contributed by atoms with Crippen LogP contribution in [0.5, 0.6) is 0 Å². The molecule has 0 fully saturated rings. The first-order chi connectivity index (χ1) is 8.75. The molecule has 0 bridgehead atoms. The summed E-state index contributed by atoms with van der Waals surface area (Å²) in [4.78, 5) is 14.3. The van der Waals surface area contributed by atoms with Crippen LogP contribution in [0.4, 0.5) is 0 Å². The molecule has 0 saturated heterocycles. The predicted molar refractivity (Wildman–Crippen MR) is 70.5 cm³/mol. The number of rotatable bonds is 6. The summed E-state index contributed by atoms with van der Waals surface area (Å²) >= 11 is 5.76. The van der Waals surface area contributed by atoms with Crippen molar-refractivity contribution in [2.75, 3.05) is 13.1 Å². The molecule has 1 rings (SSSR count). The molecule has 0 aliphatic heterocycles. The van der Waals surface area contributed by atoms with Crippen molar-refractivity contribution >= 4 is 27.6 Å². The van der Waals surface area contributed by atoms with E-state index in [9.17, 15) is 13.2 Å². The van der Waals surface area contributed by atoms with Crippen molar-refractivity contribution in [1.82, 2.24) is 9.29 Å². The third-order valence-corrected chi connectivity index (χ3v) is 4.48. The number of aliphatic carboxylic acids is 1. The van der Waals surface area contributed by atoms with E-state index >= 15 is 0 Å². The van der Waals surface area contributed by atoms with Crippen LogP contribution in [0.3, 0.4) is 0 Å². The van der Waals surface area contributed by atoms with Gasteiger partial charge in [-0.2, -0.15) is 4.31 Å². The average Bonchev–Trinajstić information content (AvgIpc) is 2.27. The molecule has 1 N–H and O–H groups in total. The van der Waals surface area contributed by atoms with E-state index in [-0.39, 0.29) is 22.5 Å². The van der Waals surface area contributed by atoms with Gasteiger partial charge in [0, 0.05) is 12.7 Å². The van der Waals surface area contributed by atoms with Crippen molar-refractivity contribution in [2.45, 2.75) is 18.7 Å². The van der Waals surface area contributed by atoms with Crippen molar-refractivity contribution in [3.05, 3.63) is 23.5 Å². The first kappa shape index (κ1) is 15.9. The normalized spacial score (nSPS) is 12.1. The highest BCUT2D eigenvalue weighted by Gasteiger charge is 2.29. The highest BCUT2D eigenvalue weighted by atomic mass is 35.5. The molecule has 1 heterocycles. The van der Waals surface area contributed by atoms with Gasteiger partial charge in [0.05, 0.1) is 0 Å². The molecule has 106 valence electrons. The number of nitrogens with zero attached hydrogens (tertiary/aromatic N) is 2. The lowest BCUT2D eigenvalue weighted by Crippen LogP contribution is -2.38. The fraction of sp³-hybridized carbons (Fsp3) is 0.455. The van der Waals surface area contributed by atoms with E-state index in [1.54, 1.807) is 13.8 Å². The number of carbonyl (C=O) groups is 1. The second kappa shape index (κ2) is 6.31. The molecule has 1 aromatic heterocycles. The number of hydrogen-bond acceptors (Lipinski definition) is 4. The molecular formula is C11H15ClN2O4S. The zero-order valence-corrected chi connectivity index (χ0v) is 12.1. The Hall–Kier alpha value is -1.18. The zero-order chi connectivity index (χ0) is 14.6. The van der Waals surface area contributed by atoms with Gasteiger partial charge in [-0.3, -0.25) is 4.79 Å². The Labute approximate surface area is 117 Å². The Morgan fingerprint density at radius 3 is 2.63 bits per heavy atom. The Kier molecular flexibility index (Phi) is 5.28. The molecule has 0 unspecified atom stereocenters. The lowest BCUT2D eigenvalue weighted by Gasteiger charge is -2.22. The molecule has 0 saturated carbocycles. The predicted octanol–water partition coefficient (Wildman–Crippen LogP) is 1.47. The van der Waals surface area contributed by atoms with Crippen LogP contribution in [0.25, 0.3) is 0 Å². The van der Waals surface area contributed by atoms with Gasteiger partial charge in [-0.1, -0.05) is 25.4 Å². The standard InChI is InChI=1S/C11H15ClN2O4S/c1-8(2)6-14(7-10(15)16)19(17,18)9-4-3-5-13-11(9)12/h3-5,8H,6-7H2,1-2H3,(H,15,16). The van der Waals surface area contributed by atoms with Crippen LogP contribution in [0.15, 0.2) is 23.2 Å². The molecular weight excluding hydrogens is 292 g/mol. The van der Waals surface area contributed by atoms with Gasteiger partial charge in [0.1, 0.15) is 16.6 Å². The largest absolute Gasteiger partial charge is 0.480 e. The van der Waals surface area contributed by atoms with Crippen LogP contribution in [-0.4, -0.2) is 41.9 Å². The summed E-state index contributed by atoms with van der Waals surface area (Å²) in [6, 6.07) is 2.74. The maximum Gasteiger partial charge on any atom is 0.318 e. The second-order valence-electron chi connectivity index (χ2n) is 4.38. The zero-order valence-electron chi connectivity index (χ0n) is 10.6. The van der Waals surface area contributed by atoms with Crippen molar-refractivity contribution in [2.24, 2.45) is 5.92 Å². The summed E-state index contributed by atoms with van der Waals surface area (Å²) in [5, 5.41) is 8.66. The molecule has 19 heavy (non-hydrogen) atoms. The van der Waals surface area contributed by atoms with E-state index in [0.717, 1.165) is 4.31 Å². The van der Waals surface area contributed by atoms with Crippen LogP contribution in [0.2, 0.25) is 5.15 Å². The minimum absolute atomic E-state index is 0.00966. The monoisotopic (exact) mass is 306 g/mol. The van der Waals surface area contributed by atoms with Crippen LogP contribution in [0, 0.1) is 5.92 Å².